The summed E-state index contributed by atoms with van der Waals surface area (Å²) in [5.74, 6) is 0.382. The van der Waals surface area contributed by atoms with Crippen LogP contribution in [0.4, 0.5) is 5.82 Å². The van der Waals surface area contributed by atoms with Crippen molar-refractivity contribution >= 4 is 25.0 Å². The molecule has 0 aliphatic carbocycles. The maximum Gasteiger partial charge on any atom is 0.235 e. The summed E-state index contributed by atoms with van der Waals surface area (Å²) in [4.78, 5) is 14.4. The first-order chi connectivity index (χ1) is 5.68. The normalized spacial score (nSPS) is 9.08. The summed E-state index contributed by atoms with van der Waals surface area (Å²) in [6, 6.07) is 3.36. The smallest absolute Gasteiger partial charge is 0.235 e. The molecule has 12 heavy (non-hydrogen) atoms. The van der Waals surface area contributed by atoms with E-state index in [4.69, 9.17) is 7.85 Å². The zero-order valence-electron chi connectivity index (χ0n) is 6.66. The van der Waals surface area contributed by atoms with Crippen LogP contribution in [-0.2, 0) is 4.79 Å². The van der Waals surface area contributed by atoms with Crippen LogP contribution in [0.3, 0.4) is 0 Å². The molecule has 1 amide bonds. The van der Waals surface area contributed by atoms with Crippen LogP contribution in [-0.4, -0.2) is 18.7 Å². The third-order valence-electron chi connectivity index (χ3n) is 1.15. The molecule has 1 rings (SSSR count). The van der Waals surface area contributed by atoms with E-state index in [9.17, 15) is 4.79 Å². The number of hydrogen-bond acceptors (Lipinski definition) is 3. The highest BCUT2D eigenvalue weighted by atomic mass is 16.2. The molecule has 0 saturated carbocycles. The molecule has 0 aliphatic heterocycles. The zero-order chi connectivity index (χ0) is 8.97. The van der Waals surface area contributed by atoms with Gasteiger partial charge in [0.15, 0.2) is 0 Å². The van der Waals surface area contributed by atoms with Gasteiger partial charge in [-0.15, -0.1) is 0 Å². The minimum Gasteiger partial charge on any atom is -0.282 e. The summed E-state index contributed by atoms with van der Waals surface area (Å²) in [6.07, 6.45) is 1.50. The van der Waals surface area contributed by atoms with Gasteiger partial charge in [0.1, 0.15) is 13.7 Å². The average Bonchev–Trinajstić information content (AvgIpc) is 2.03. The predicted molar refractivity (Wildman–Crippen MR) is 47.1 cm³/mol. The van der Waals surface area contributed by atoms with Crippen LogP contribution >= 0.6 is 0 Å². The van der Waals surface area contributed by atoms with E-state index in [1.54, 1.807) is 12.1 Å². The average molecular weight is 161 g/mol. The van der Waals surface area contributed by atoms with Crippen molar-refractivity contribution in [3.05, 3.63) is 18.3 Å². The number of pyridine rings is 1. The van der Waals surface area contributed by atoms with E-state index < -0.39 is 0 Å². The quantitative estimate of drug-likeness (QED) is 0.447. The molecule has 0 bridgehead atoms. The van der Waals surface area contributed by atoms with Crippen molar-refractivity contribution in [1.29, 1.82) is 0 Å². The highest BCUT2D eigenvalue weighted by Gasteiger charge is 1.92. The van der Waals surface area contributed by atoms with Crippen molar-refractivity contribution < 1.29 is 4.79 Å². The van der Waals surface area contributed by atoms with Gasteiger partial charge in [0.2, 0.25) is 5.91 Å². The third-order valence-corrected chi connectivity index (χ3v) is 1.15. The summed E-state index contributed by atoms with van der Waals surface area (Å²) in [7, 11) is 5.41. The van der Waals surface area contributed by atoms with Gasteiger partial charge in [-0.1, -0.05) is 11.5 Å². The van der Waals surface area contributed by atoms with Crippen molar-refractivity contribution in [3.63, 3.8) is 0 Å². The third kappa shape index (κ3) is 2.61. The van der Waals surface area contributed by atoms with Gasteiger partial charge in [0, 0.05) is 13.1 Å². The van der Waals surface area contributed by atoms with E-state index in [1.807, 2.05) is 0 Å². The molecule has 1 heterocycles. The number of carbonyl (C=O) groups is 1. The lowest BCUT2D eigenvalue weighted by Crippen LogP contribution is -2.27. The zero-order valence-corrected chi connectivity index (χ0v) is 6.66. The van der Waals surface area contributed by atoms with Crippen LogP contribution in [0.5, 0.6) is 0 Å². The Hall–Kier alpha value is -1.52. The summed E-state index contributed by atoms with van der Waals surface area (Å²) >= 11 is 0. The molecule has 0 unspecified atom stereocenters. The van der Waals surface area contributed by atoms with Gasteiger partial charge in [0.05, 0.1) is 0 Å². The second kappa shape index (κ2) is 3.76. The monoisotopic (exact) mass is 161 g/mol. The van der Waals surface area contributed by atoms with Crippen molar-refractivity contribution in [1.82, 2.24) is 10.4 Å². The molecule has 5 heteroatoms. The summed E-state index contributed by atoms with van der Waals surface area (Å²) in [6.45, 7) is 1.41. The van der Waals surface area contributed by atoms with E-state index in [1.165, 1.54) is 13.1 Å². The molecule has 0 aromatic carbocycles. The topological polar surface area (TPSA) is 54.0 Å². The number of hydrogen-bond donors (Lipinski definition) is 2. The van der Waals surface area contributed by atoms with E-state index in [-0.39, 0.29) is 5.91 Å². The van der Waals surface area contributed by atoms with Crippen LogP contribution in [0.25, 0.3) is 0 Å². The molecular formula is C7H8BN3O. The Morgan fingerprint density at radius 2 is 2.33 bits per heavy atom. The first-order valence-corrected chi connectivity index (χ1v) is 3.42. The Morgan fingerprint density at radius 1 is 1.58 bits per heavy atom. The van der Waals surface area contributed by atoms with Gasteiger partial charge in [0.25, 0.3) is 0 Å². The van der Waals surface area contributed by atoms with Gasteiger partial charge in [-0.05, 0) is 6.07 Å². The van der Waals surface area contributed by atoms with Gasteiger partial charge in [-0.2, -0.15) is 0 Å². The van der Waals surface area contributed by atoms with Crippen molar-refractivity contribution in [3.8, 4) is 0 Å². The number of anilines is 1. The number of amides is 1. The lowest BCUT2D eigenvalue weighted by atomic mass is 9.99. The second-order valence-electron chi connectivity index (χ2n) is 2.28. The molecule has 2 N–H and O–H groups in total. The number of aromatic nitrogens is 1. The summed E-state index contributed by atoms with van der Waals surface area (Å²) in [5, 5.41) is 0. The van der Waals surface area contributed by atoms with Gasteiger partial charge >= 0.3 is 0 Å². The second-order valence-corrected chi connectivity index (χ2v) is 2.28. The van der Waals surface area contributed by atoms with E-state index in [0.717, 1.165) is 0 Å². The van der Waals surface area contributed by atoms with Crippen LogP contribution in [0.15, 0.2) is 18.3 Å². The van der Waals surface area contributed by atoms with E-state index in [2.05, 4.69) is 15.8 Å². The van der Waals surface area contributed by atoms with Gasteiger partial charge < -0.3 is 0 Å². The molecule has 2 radical (unpaired) electrons. The largest absolute Gasteiger partial charge is 0.282 e. The Morgan fingerprint density at radius 3 is 2.83 bits per heavy atom. The molecule has 0 saturated heterocycles. The summed E-state index contributed by atoms with van der Waals surface area (Å²) in [5.41, 5.74) is 5.58. The molecule has 0 aliphatic rings. The molecule has 0 fully saturated rings. The fraction of sp³-hybridized carbons (Fsp3) is 0.143. The molecule has 4 nitrogen and oxygen atoms in total. The number of nitrogens with zero attached hydrogens (tertiary/aromatic N) is 1. The first kappa shape index (κ1) is 8.58. The maximum absolute atomic E-state index is 10.5. The Labute approximate surface area is 71.8 Å². The van der Waals surface area contributed by atoms with E-state index >= 15 is 0 Å². The molecule has 1 aromatic heterocycles. The number of carbonyl (C=O) groups excluding carboxylic acids is 1. The maximum atomic E-state index is 10.5. The Balaban J connectivity index is 2.53. The highest BCUT2D eigenvalue weighted by molar-refractivity contribution is 6.32. The molecule has 1 aromatic rings. The molecule has 0 atom stereocenters. The SMILES string of the molecule is [B]c1ccc(NNC(C)=O)nc1. The van der Waals surface area contributed by atoms with Crippen LogP contribution in [0.2, 0.25) is 0 Å². The van der Waals surface area contributed by atoms with Crippen molar-refractivity contribution in [2.24, 2.45) is 0 Å². The van der Waals surface area contributed by atoms with E-state index in [0.29, 0.717) is 11.3 Å². The fourth-order valence-electron chi connectivity index (χ4n) is 0.631. The molecule has 0 spiro atoms. The lowest BCUT2D eigenvalue weighted by Gasteiger charge is -2.04. The van der Waals surface area contributed by atoms with Crippen LogP contribution < -0.4 is 16.3 Å². The van der Waals surface area contributed by atoms with Crippen LogP contribution in [0.1, 0.15) is 6.92 Å². The van der Waals surface area contributed by atoms with Crippen LogP contribution in [0, 0.1) is 0 Å². The number of nitrogens with one attached hydrogen (secondary N) is 2. The molecule has 60 valence electrons. The van der Waals surface area contributed by atoms with Crippen molar-refractivity contribution in [2.75, 3.05) is 5.43 Å². The predicted octanol–water partition coefficient (Wildman–Crippen LogP) is -0.662. The minimum absolute atomic E-state index is 0.173. The Bertz CT molecular complexity index is 272. The van der Waals surface area contributed by atoms with Gasteiger partial charge in [-0.3, -0.25) is 15.6 Å². The highest BCUT2D eigenvalue weighted by Crippen LogP contribution is 1.94. The number of hydrazine groups is 1. The lowest BCUT2D eigenvalue weighted by molar-refractivity contribution is -0.118. The molecular weight excluding hydrogens is 153 g/mol. The van der Waals surface area contributed by atoms with Crippen molar-refractivity contribution in [2.45, 2.75) is 6.92 Å². The summed E-state index contributed by atoms with van der Waals surface area (Å²) < 4.78 is 0. The first-order valence-electron chi connectivity index (χ1n) is 3.42. The Kier molecular flexibility index (Phi) is 2.69. The number of rotatable bonds is 2. The van der Waals surface area contributed by atoms with Gasteiger partial charge in [-0.25, -0.2) is 4.98 Å². The fourth-order valence-corrected chi connectivity index (χ4v) is 0.631. The standard InChI is InChI=1S/C7H8BN3O/c1-5(12)10-11-7-3-2-6(8)4-9-7/h2-4H,1H3,(H,9,11)(H,10,12). The minimum atomic E-state index is -0.173.